The Morgan fingerprint density at radius 1 is 0.303 bits per heavy atom. The fraction of sp³-hybridized carbons (Fsp3) is 0.327. The van der Waals surface area contributed by atoms with Crippen LogP contribution in [0.4, 0.5) is 5.69 Å². The van der Waals surface area contributed by atoms with Crippen LogP contribution in [0.15, 0.2) is 253 Å². The van der Waals surface area contributed by atoms with Gasteiger partial charge in [-0.15, -0.1) is 0 Å². The van der Waals surface area contributed by atoms with Gasteiger partial charge in [-0.1, -0.05) is 117 Å². The van der Waals surface area contributed by atoms with Gasteiger partial charge in [-0.2, -0.15) is 24.9 Å². The van der Waals surface area contributed by atoms with Crippen LogP contribution >= 0.6 is 0 Å². The number of aryl methyl sites for hydroxylation is 1. The van der Waals surface area contributed by atoms with Gasteiger partial charge in [0.15, 0.2) is 57.5 Å². The summed E-state index contributed by atoms with van der Waals surface area (Å²) in [6.45, 7) is 35.3. The molecule has 756 valence electrons. The van der Waals surface area contributed by atoms with Crippen LogP contribution in [0.5, 0.6) is 57.5 Å². The number of rotatable bonds is 40. The highest BCUT2D eigenvalue weighted by molar-refractivity contribution is 6.04. The summed E-state index contributed by atoms with van der Waals surface area (Å²) in [6.07, 6.45) is 8.44. The summed E-state index contributed by atoms with van der Waals surface area (Å²) in [6, 6.07) is 70.1. The summed E-state index contributed by atoms with van der Waals surface area (Å²) < 4.78 is 84.0. The molecule has 0 atom stereocenters. The molecule has 16 aromatic rings. The second-order valence-electron chi connectivity index (χ2n) is 34.2. The van der Waals surface area contributed by atoms with E-state index < -0.39 is 0 Å². The van der Waals surface area contributed by atoms with Crippen LogP contribution in [0, 0.1) is 6.92 Å². The Morgan fingerprint density at radius 2 is 0.600 bits per heavy atom. The van der Waals surface area contributed by atoms with E-state index in [0.717, 1.165) is 87.4 Å². The molecule has 32 nitrogen and oxygen atoms in total. The van der Waals surface area contributed by atoms with Crippen molar-refractivity contribution in [1.29, 1.82) is 0 Å². The second-order valence-corrected chi connectivity index (χ2v) is 34.2. The number of pyridine rings is 1. The summed E-state index contributed by atoms with van der Waals surface area (Å²) in [5.74, 6) is 11.6. The number of likely N-dealkylation sites (tertiary alicyclic amines) is 2. The predicted molar refractivity (Wildman–Crippen MR) is 558 cm³/mol. The number of hydrogen-bond acceptors (Lipinski definition) is 31. The number of nitrogens with one attached hydrogen (secondary N) is 1. The lowest BCUT2D eigenvalue weighted by Crippen LogP contribution is -2.18. The van der Waals surface area contributed by atoms with Crippen molar-refractivity contribution in [2.75, 3.05) is 126 Å². The Bertz CT molecular complexity index is 6750. The molecular weight excluding hydrogens is 1840 g/mol. The van der Waals surface area contributed by atoms with E-state index in [0.29, 0.717) is 193 Å². The smallest absolute Gasteiger partial charge is 0.258 e. The minimum atomic E-state index is -0.206. The first kappa shape index (κ1) is 105. The van der Waals surface area contributed by atoms with Gasteiger partial charge in [-0.05, 0) is 311 Å². The number of benzene rings is 10. The van der Waals surface area contributed by atoms with E-state index in [1.165, 1.54) is 74.1 Å². The predicted octanol–water partition coefficient (Wildman–Crippen LogP) is 23.3. The molecule has 10 aromatic carbocycles. The van der Waals surface area contributed by atoms with Crippen LogP contribution in [0.3, 0.4) is 0 Å². The molecule has 32 heteroatoms. The van der Waals surface area contributed by atoms with E-state index in [4.69, 9.17) is 70.0 Å². The maximum absolute atomic E-state index is 12.6. The molecule has 6 aromatic heterocycles. The second kappa shape index (κ2) is 53.5. The lowest BCUT2D eigenvalue weighted by atomic mass is 10.0. The average molecular weight is 1970 g/mol. The zero-order valence-corrected chi connectivity index (χ0v) is 85.2. The first-order valence-electron chi connectivity index (χ1n) is 49.4. The number of carbonyl (C=O) groups is 1. The highest BCUT2D eigenvalue weighted by atomic mass is 16.5. The molecule has 0 spiro atoms. The monoisotopic (exact) mass is 1960 g/mol. The van der Waals surface area contributed by atoms with Crippen LogP contribution in [0.1, 0.15) is 133 Å². The molecule has 0 saturated carbocycles. The Morgan fingerprint density at radius 3 is 0.945 bits per heavy atom. The molecule has 1 N–H and O–H groups in total. The molecule has 18 rings (SSSR count). The molecule has 0 bridgehead atoms. The number of hydrogen-bond donors (Lipinski definition) is 1. The fourth-order valence-electron chi connectivity index (χ4n) is 16.2. The van der Waals surface area contributed by atoms with Gasteiger partial charge in [0.25, 0.3) is 35.4 Å². The van der Waals surface area contributed by atoms with Crippen molar-refractivity contribution in [3.8, 4) is 172 Å². The van der Waals surface area contributed by atoms with Gasteiger partial charge in [0, 0.05) is 105 Å². The normalized spacial score (nSPS) is 12.2. The number of amides is 1. The molecule has 2 saturated heterocycles. The van der Waals surface area contributed by atoms with Gasteiger partial charge in [-0.25, -0.2) is 0 Å². The Balaban J connectivity index is 0.000000144. The van der Waals surface area contributed by atoms with Crippen molar-refractivity contribution in [2.45, 2.75) is 128 Å². The lowest BCUT2D eigenvalue weighted by Gasteiger charge is -2.14. The first-order chi connectivity index (χ1) is 70.8. The van der Waals surface area contributed by atoms with E-state index in [1.54, 1.807) is 36.7 Å². The molecule has 2 fully saturated rings. The van der Waals surface area contributed by atoms with Crippen molar-refractivity contribution >= 4 is 11.6 Å². The third-order valence-corrected chi connectivity index (χ3v) is 22.8. The van der Waals surface area contributed by atoms with Crippen molar-refractivity contribution in [3.63, 3.8) is 0 Å². The standard InChI is InChI=1S/C25H24N4O4.2C23H27N3O3.2C21H25N3O3/c1-4-31-21-9-7-18(15-22(21)32-5-2)25-28-23(29-33-25)20-8-6-17(14-16(20)3)24(30)27-19-10-12-26-13-11-19;1-3-27-20-12-11-19(15-21(20)28-4-2)23-24-22(25-29-23)18-9-7-17(8-10-18)16-26-13-5-6-14-26;1-3-27-20-11-10-19(15-21(20)28-4-2)23-24-22(25-29-23)18-9-7-8-17(14-18)16-26-12-5-6-13-26;1-5-25-18-12-11-17(13-19(18)26-6-2)21-22-20(23-27-21)16-9-7-15(8-10-16)14-24(3)4;1-5-25-18-11-10-17(13-19(18)26-6-2)21-22-20(23-27-21)16-9-7-8-15(12-16)14-24(3)4/h6-15H,4-5H2,1-3H3,(H,26,27,30);7-12,15H,3-6,13-14,16H2,1-2H3;7-11,14-15H,3-6,12-13,16H2,1-2H3;2*7-13H,5-6,14H2,1-4H3. The summed E-state index contributed by atoms with van der Waals surface area (Å²) >= 11 is 0. The van der Waals surface area contributed by atoms with E-state index in [1.807, 2.05) is 232 Å². The van der Waals surface area contributed by atoms with Crippen molar-refractivity contribution in [1.82, 2.24) is 75.3 Å². The van der Waals surface area contributed by atoms with Crippen LogP contribution in [-0.2, 0) is 26.2 Å². The molecule has 0 aliphatic carbocycles. The van der Waals surface area contributed by atoms with Crippen LogP contribution in [0.2, 0.25) is 0 Å². The molecule has 0 unspecified atom stereocenters. The Kier molecular flexibility index (Phi) is 38.8. The minimum Gasteiger partial charge on any atom is -0.490 e. The number of aromatic nitrogens is 11. The number of carbonyl (C=O) groups excluding carboxylic acids is 1. The zero-order valence-electron chi connectivity index (χ0n) is 85.2. The Hall–Kier alpha value is -15.6. The summed E-state index contributed by atoms with van der Waals surface area (Å²) in [5, 5.41) is 23.6. The third kappa shape index (κ3) is 29.5. The molecule has 1 amide bonds. The van der Waals surface area contributed by atoms with E-state index >= 15 is 0 Å². The maximum Gasteiger partial charge on any atom is 0.258 e. The van der Waals surface area contributed by atoms with Gasteiger partial charge in [0.05, 0.1) is 66.1 Å². The summed E-state index contributed by atoms with van der Waals surface area (Å²) in [5.41, 5.74) is 15.6. The first-order valence-corrected chi connectivity index (χ1v) is 49.4. The average Bonchev–Trinajstić information content (AvgIpc) is 1.68. The van der Waals surface area contributed by atoms with Gasteiger partial charge >= 0.3 is 0 Å². The van der Waals surface area contributed by atoms with Gasteiger partial charge in [-0.3, -0.25) is 19.6 Å². The van der Waals surface area contributed by atoms with Crippen LogP contribution in [0.25, 0.3) is 114 Å². The highest BCUT2D eigenvalue weighted by Gasteiger charge is 2.24. The fourth-order valence-corrected chi connectivity index (χ4v) is 16.2. The number of anilines is 1. The molecule has 145 heavy (non-hydrogen) atoms. The highest BCUT2D eigenvalue weighted by Crippen LogP contribution is 2.41. The number of ether oxygens (including phenoxy) is 10. The van der Waals surface area contributed by atoms with Gasteiger partial charge in [0.2, 0.25) is 29.1 Å². The molecule has 2 aliphatic heterocycles. The third-order valence-electron chi connectivity index (χ3n) is 22.8. The maximum atomic E-state index is 12.6. The van der Waals surface area contributed by atoms with Gasteiger partial charge in [0.1, 0.15) is 0 Å². The van der Waals surface area contributed by atoms with E-state index in [2.05, 4.69) is 147 Å². The van der Waals surface area contributed by atoms with Crippen molar-refractivity contribution in [3.05, 3.63) is 264 Å². The lowest BCUT2D eigenvalue weighted by molar-refractivity contribution is 0.102. The van der Waals surface area contributed by atoms with Crippen molar-refractivity contribution in [2.24, 2.45) is 0 Å². The number of nitrogens with zero attached hydrogens (tertiary/aromatic N) is 15. The molecule has 0 radical (unpaired) electrons. The Labute approximate surface area is 846 Å². The topological polar surface area (TPSA) is 342 Å². The summed E-state index contributed by atoms with van der Waals surface area (Å²) in [4.78, 5) is 48.6. The molecule has 8 heterocycles. The quantitative estimate of drug-likeness (QED) is 0.0373. The van der Waals surface area contributed by atoms with Crippen molar-refractivity contribution < 1.29 is 74.8 Å². The largest absolute Gasteiger partial charge is 0.490 e. The molecule has 2 aliphatic rings. The van der Waals surface area contributed by atoms with E-state index in [9.17, 15) is 4.79 Å². The minimum absolute atomic E-state index is 0.206. The molecular formula is C113H128N16O16. The summed E-state index contributed by atoms with van der Waals surface area (Å²) in [7, 11) is 8.18. The SMILES string of the molecule is CCOc1ccc(-c2nc(-c3ccc(C(=O)Nc4ccncc4)cc3C)no2)cc1OCC.CCOc1ccc(-c2nc(-c3ccc(CN(C)C)cc3)no2)cc1OCC.CCOc1ccc(-c2nc(-c3ccc(CN4CCCC4)cc3)no2)cc1OCC.CCOc1ccc(-c2nc(-c3cccc(CN(C)C)c3)no2)cc1OCC.CCOc1ccc(-c2nc(-c3cccc(CN4CCCC4)c3)no2)cc1OCC. The van der Waals surface area contributed by atoms with Crippen LogP contribution in [-0.4, -0.2) is 202 Å². The van der Waals surface area contributed by atoms with Gasteiger partial charge < -0.3 is 85.1 Å². The zero-order chi connectivity index (χ0) is 102. The van der Waals surface area contributed by atoms with E-state index in [-0.39, 0.29) is 5.91 Å². The van der Waals surface area contributed by atoms with Crippen LogP contribution < -0.4 is 52.7 Å².